The number of rotatable bonds is 5. The molecule has 148 valence electrons. The van der Waals surface area contributed by atoms with E-state index in [4.69, 9.17) is 0 Å². The molecular formula is C23H18N4O3. The Labute approximate surface area is 173 Å². The number of benzene rings is 3. The molecule has 1 saturated heterocycles. The molecule has 7 heteroatoms. The number of anilines is 2. The summed E-state index contributed by atoms with van der Waals surface area (Å²) in [5.74, 6) is -0.842. The molecule has 4 rings (SSSR count). The van der Waals surface area contributed by atoms with Gasteiger partial charge in [-0.3, -0.25) is 19.3 Å². The number of imide groups is 1. The van der Waals surface area contributed by atoms with E-state index in [1.807, 2.05) is 30.3 Å². The minimum Gasteiger partial charge on any atom is -0.322 e. The standard InChI is InChI=1S/C23H18N4O3/c28-21-13-14-22(29)27(21)20-8-4-5-16(15-20)23(30)24-17-9-11-19(12-10-17)26-25-18-6-2-1-3-7-18/h1-12,15H,13-14H2,(H,24,30). The smallest absolute Gasteiger partial charge is 0.255 e. The van der Waals surface area contributed by atoms with Crippen molar-refractivity contribution in [2.45, 2.75) is 12.8 Å². The van der Waals surface area contributed by atoms with Crippen LogP contribution < -0.4 is 10.2 Å². The van der Waals surface area contributed by atoms with Crippen LogP contribution in [0, 0.1) is 0 Å². The lowest BCUT2D eigenvalue weighted by Crippen LogP contribution is -2.28. The van der Waals surface area contributed by atoms with Crippen molar-refractivity contribution in [2.24, 2.45) is 10.2 Å². The third-order valence-corrected chi connectivity index (χ3v) is 4.58. The van der Waals surface area contributed by atoms with Gasteiger partial charge in [-0.25, -0.2) is 0 Å². The van der Waals surface area contributed by atoms with E-state index in [1.165, 1.54) is 0 Å². The minimum absolute atomic E-state index is 0.198. The van der Waals surface area contributed by atoms with E-state index < -0.39 is 0 Å². The number of amides is 3. The summed E-state index contributed by atoms with van der Waals surface area (Å²) < 4.78 is 0. The molecule has 0 unspecified atom stereocenters. The second-order valence-electron chi connectivity index (χ2n) is 6.71. The van der Waals surface area contributed by atoms with Gasteiger partial charge in [0.2, 0.25) is 11.8 Å². The Morgan fingerprint density at radius 3 is 2.07 bits per heavy atom. The molecule has 0 bridgehead atoms. The molecule has 7 nitrogen and oxygen atoms in total. The maximum absolute atomic E-state index is 12.6. The van der Waals surface area contributed by atoms with E-state index >= 15 is 0 Å². The third-order valence-electron chi connectivity index (χ3n) is 4.58. The summed E-state index contributed by atoms with van der Waals surface area (Å²) in [5.41, 5.74) is 2.77. The van der Waals surface area contributed by atoms with Crippen molar-refractivity contribution in [3.8, 4) is 0 Å². The molecule has 3 aromatic carbocycles. The molecule has 1 fully saturated rings. The summed E-state index contributed by atoms with van der Waals surface area (Å²) in [5, 5.41) is 11.1. The fraction of sp³-hybridized carbons (Fsp3) is 0.0870. The Bertz CT molecular complexity index is 1110. The Hall–Kier alpha value is -4.13. The van der Waals surface area contributed by atoms with Crippen LogP contribution in [0.4, 0.5) is 22.7 Å². The van der Waals surface area contributed by atoms with Crippen LogP contribution in [-0.2, 0) is 9.59 Å². The molecular weight excluding hydrogens is 380 g/mol. The van der Waals surface area contributed by atoms with Crippen LogP contribution in [0.1, 0.15) is 23.2 Å². The molecule has 0 radical (unpaired) electrons. The first-order chi connectivity index (χ1) is 14.6. The van der Waals surface area contributed by atoms with Gasteiger partial charge in [0.1, 0.15) is 0 Å². The highest BCUT2D eigenvalue weighted by atomic mass is 16.2. The number of carbonyl (C=O) groups is 3. The van der Waals surface area contributed by atoms with Crippen molar-refractivity contribution in [2.75, 3.05) is 10.2 Å². The van der Waals surface area contributed by atoms with Gasteiger partial charge in [-0.2, -0.15) is 10.2 Å². The molecule has 1 aliphatic heterocycles. The van der Waals surface area contributed by atoms with Crippen LogP contribution in [0.15, 0.2) is 89.1 Å². The van der Waals surface area contributed by atoms with E-state index in [1.54, 1.807) is 48.5 Å². The number of azo groups is 1. The highest BCUT2D eigenvalue weighted by Gasteiger charge is 2.30. The van der Waals surface area contributed by atoms with Gasteiger partial charge in [0.05, 0.1) is 17.1 Å². The monoisotopic (exact) mass is 398 g/mol. The Kier molecular flexibility index (Phi) is 5.43. The van der Waals surface area contributed by atoms with E-state index in [-0.39, 0.29) is 30.6 Å². The Morgan fingerprint density at radius 1 is 0.767 bits per heavy atom. The topological polar surface area (TPSA) is 91.2 Å². The summed E-state index contributed by atoms with van der Waals surface area (Å²) in [6.07, 6.45) is 0.395. The SMILES string of the molecule is O=C(Nc1ccc(N=Nc2ccccc2)cc1)c1cccc(N2C(=O)CCC2=O)c1. The fourth-order valence-corrected chi connectivity index (χ4v) is 3.08. The normalized spacial score (nSPS) is 13.8. The lowest BCUT2D eigenvalue weighted by atomic mass is 10.1. The van der Waals surface area contributed by atoms with Crippen LogP contribution in [0.5, 0.6) is 0 Å². The van der Waals surface area contributed by atoms with Crippen LogP contribution in [0.3, 0.4) is 0 Å². The maximum Gasteiger partial charge on any atom is 0.255 e. The zero-order valence-electron chi connectivity index (χ0n) is 16.0. The van der Waals surface area contributed by atoms with Gasteiger partial charge < -0.3 is 5.32 Å². The molecule has 0 saturated carbocycles. The second kappa shape index (κ2) is 8.48. The van der Waals surface area contributed by atoms with Crippen LogP contribution in [0.2, 0.25) is 0 Å². The molecule has 0 atom stereocenters. The highest BCUT2D eigenvalue weighted by molar-refractivity contribution is 6.20. The van der Waals surface area contributed by atoms with Crippen LogP contribution in [-0.4, -0.2) is 17.7 Å². The van der Waals surface area contributed by atoms with Crippen molar-refractivity contribution < 1.29 is 14.4 Å². The van der Waals surface area contributed by atoms with Crippen LogP contribution >= 0.6 is 0 Å². The number of hydrogen-bond acceptors (Lipinski definition) is 5. The number of hydrogen-bond donors (Lipinski definition) is 1. The molecule has 30 heavy (non-hydrogen) atoms. The minimum atomic E-state index is -0.338. The van der Waals surface area contributed by atoms with Crippen molar-refractivity contribution in [1.29, 1.82) is 0 Å². The molecule has 1 aliphatic rings. The van der Waals surface area contributed by atoms with Crippen LogP contribution in [0.25, 0.3) is 0 Å². The molecule has 0 aromatic heterocycles. The first-order valence-electron chi connectivity index (χ1n) is 9.44. The molecule has 3 amide bonds. The van der Waals surface area contributed by atoms with E-state index in [2.05, 4.69) is 15.5 Å². The van der Waals surface area contributed by atoms with Crippen molar-refractivity contribution in [3.63, 3.8) is 0 Å². The van der Waals surface area contributed by atoms with Gasteiger partial charge >= 0.3 is 0 Å². The van der Waals surface area contributed by atoms with Gasteiger partial charge in [0, 0.05) is 24.1 Å². The summed E-state index contributed by atoms with van der Waals surface area (Å²) in [6, 6.07) is 22.8. The molecule has 0 spiro atoms. The van der Waals surface area contributed by atoms with Crippen molar-refractivity contribution in [1.82, 2.24) is 0 Å². The summed E-state index contributed by atoms with van der Waals surface area (Å²) >= 11 is 0. The van der Waals surface area contributed by atoms with E-state index in [0.29, 0.717) is 22.6 Å². The van der Waals surface area contributed by atoms with Gasteiger partial charge in [0.25, 0.3) is 5.91 Å². The number of carbonyl (C=O) groups excluding carboxylic acids is 3. The first-order valence-corrected chi connectivity index (χ1v) is 9.44. The molecule has 3 aromatic rings. The predicted octanol–water partition coefficient (Wildman–Crippen LogP) is 5.01. The van der Waals surface area contributed by atoms with E-state index in [9.17, 15) is 14.4 Å². The number of nitrogens with zero attached hydrogens (tertiary/aromatic N) is 3. The average Bonchev–Trinajstić information content (AvgIpc) is 3.12. The first kappa shape index (κ1) is 19.2. The maximum atomic E-state index is 12.6. The lowest BCUT2D eigenvalue weighted by Gasteiger charge is -2.14. The van der Waals surface area contributed by atoms with Crippen molar-refractivity contribution in [3.05, 3.63) is 84.4 Å². The van der Waals surface area contributed by atoms with Gasteiger partial charge in [-0.05, 0) is 54.6 Å². The zero-order chi connectivity index (χ0) is 20.9. The predicted molar refractivity (Wildman–Crippen MR) is 113 cm³/mol. The summed E-state index contributed by atoms with van der Waals surface area (Å²) in [7, 11) is 0. The lowest BCUT2D eigenvalue weighted by molar-refractivity contribution is -0.121. The van der Waals surface area contributed by atoms with Gasteiger partial charge in [-0.1, -0.05) is 24.3 Å². The third kappa shape index (κ3) is 4.30. The molecule has 0 aliphatic carbocycles. The zero-order valence-corrected chi connectivity index (χ0v) is 16.0. The Balaban J connectivity index is 1.44. The average molecular weight is 398 g/mol. The van der Waals surface area contributed by atoms with E-state index in [0.717, 1.165) is 10.6 Å². The molecule has 1 N–H and O–H groups in total. The second-order valence-corrected chi connectivity index (χ2v) is 6.71. The summed E-state index contributed by atoms with van der Waals surface area (Å²) in [6.45, 7) is 0. The summed E-state index contributed by atoms with van der Waals surface area (Å²) in [4.78, 5) is 37.6. The fourth-order valence-electron chi connectivity index (χ4n) is 3.08. The Morgan fingerprint density at radius 2 is 1.40 bits per heavy atom. The van der Waals surface area contributed by atoms with Gasteiger partial charge in [0.15, 0.2) is 0 Å². The number of nitrogens with one attached hydrogen (secondary N) is 1. The largest absolute Gasteiger partial charge is 0.322 e. The quantitative estimate of drug-likeness (QED) is 0.484. The molecule has 1 heterocycles. The van der Waals surface area contributed by atoms with Gasteiger partial charge in [-0.15, -0.1) is 0 Å². The highest BCUT2D eigenvalue weighted by Crippen LogP contribution is 2.24. The van der Waals surface area contributed by atoms with Crippen molar-refractivity contribution >= 4 is 40.5 Å².